The zero-order chi connectivity index (χ0) is 17.9. The first-order valence-electron chi connectivity index (χ1n) is 6.90. The molecule has 1 aromatic heterocycles. The predicted molar refractivity (Wildman–Crippen MR) is 82.7 cm³/mol. The number of hydrogen-bond acceptors (Lipinski definition) is 3. The maximum absolute atomic E-state index is 12.6. The Kier molecular flexibility index (Phi) is 4.87. The van der Waals surface area contributed by atoms with Gasteiger partial charge in [0, 0.05) is 18.3 Å². The molecule has 0 bridgehead atoms. The third-order valence-electron chi connectivity index (χ3n) is 3.06. The largest absolute Gasteiger partial charge is 0.433 e. The number of hydrogen-bond donors (Lipinski definition) is 2. The number of aryl methyl sites for hydroxylation is 1. The molecule has 0 aliphatic rings. The van der Waals surface area contributed by atoms with Gasteiger partial charge in [-0.15, -0.1) is 0 Å². The second-order valence-corrected chi connectivity index (χ2v) is 5.04. The van der Waals surface area contributed by atoms with Gasteiger partial charge >= 0.3 is 6.18 Å². The Labute approximate surface area is 135 Å². The van der Waals surface area contributed by atoms with E-state index in [2.05, 4.69) is 15.6 Å². The monoisotopic (exact) mass is 337 g/mol. The second kappa shape index (κ2) is 6.69. The van der Waals surface area contributed by atoms with E-state index in [1.165, 1.54) is 19.9 Å². The van der Waals surface area contributed by atoms with Crippen molar-refractivity contribution >= 4 is 23.2 Å². The van der Waals surface area contributed by atoms with Crippen LogP contribution in [0.15, 0.2) is 36.4 Å². The first-order valence-corrected chi connectivity index (χ1v) is 6.90. The highest BCUT2D eigenvalue weighted by Gasteiger charge is 2.33. The van der Waals surface area contributed by atoms with E-state index >= 15 is 0 Å². The quantitative estimate of drug-likeness (QED) is 0.899. The SMILES string of the molecule is CC(=O)Nc1cccc(NC(=O)c2ccc(C(F)(F)F)nc2C)c1. The third kappa shape index (κ3) is 4.31. The Bertz CT molecular complexity index is 788. The van der Waals surface area contributed by atoms with Crippen LogP contribution in [0.2, 0.25) is 0 Å². The molecule has 0 radical (unpaired) electrons. The van der Waals surface area contributed by atoms with Gasteiger partial charge in [-0.05, 0) is 37.3 Å². The van der Waals surface area contributed by atoms with Gasteiger partial charge in [-0.3, -0.25) is 9.59 Å². The van der Waals surface area contributed by atoms with Crippen molar-refractivity contribution in [2.75, 3.05) is 10.6 Å². The van der Waals surface area contributed by atoms with Gasteiger partial charge in [-0.1, -0.05) is 6.07 Å². The number of amides is 2. The molecule has 0 aliphatic carbocycles. The van der Waals surface area contributed by atoms with Gasteiger partial charge in [-0.25, -0.2) is 4.98 Å². The molecule has 1 heterocycles. The number of aromatic nitrogens is 1. The van der Waals surface area contributed by atoms with Crippen LogP contribution in [0.5, 0.6) is 0 Å². The van der Waals surface area contributed by atoms with Crippen LogP contribution >= 0.6 is 0 Å². The van der Waals surface area contributed by atoms with Crippen LogP contribution in [-0.4, -0.2) is 16.8 Å². The highest BCUT2D eigenvalue weighted by molar-refractivity contribution is 6.05. The lowest BCUT2D eigenvalue weighted by atomic mass is 10.1. The van der Waals surface area contributed by atoms with E-state index in [4.69, 9.17) is 0 Å². The maximum atomic E-state index is 12.6. The molecule has 1 aromatic carbocycles. The molecular formula is C16H14F3N3O2. The Balaban J connectivity index is 2.20. The molecule has 2 amide bonds. The molecule has 0 saturated heterocycles. The molecule has 0 fully saturated rings. The molecule has 8 heteroatoms. The molecule has 2 aromatic rings. The van der Waals surface area contributed by atoms with E-state index in [1.54, 1.807) is 18.2 Å². The van der Waals surface area contributed by atoms with Crippen molar-refractivity contribution in [2.45, 2.75) is 20.0 Å². The highest BCUT2D eigenvalue weighted by Crippen LogP contribution is 2.28. The van der Waals surface area contributed by atoms with Crippen molar-refractivity contribution in [3.63, 3.8) is 0 Å². The predicted octanol–water partition coefficient (Wildman–Crippen LogP) is 3.62. The van der Waals surface area contributed by atoms with E-state index in [0.29, 0.717) is 11.4 Å². The van der Waals surface area contributed by atoms with E-state index < -0.39 is 17.8 Å². The standard InChI is InChI=1S/C16H14F3N3O2/c1-9-13(6-7-14(20-9)16(17,18)19)15(24)22-12-5-3-4-11(8-12)21-10(2)23/h3-8H,1-2H3,(H,21,23)(H,22,24). The number of rotatable bonds is 3. The van der Waals surface area contributed by atoms with Gasteiger partial charge in [0.25, 0.3) is 5.91 Å². The molecule has 0 saturated carbocycles. The summed E-state index contributed by atoms with van der Waals surface area (Å²) in [5.74, 6) is -0.852. The molecule has 0 atom stereocenters. The van der Waals surface area contributed by atoms with Crippen molar-refractivity contribution < 1.29 is 22.8 Å². The lowest BCUT2D eigenvalue weighted by Gasteiger charge is -2.11. The number of benzene rings is 1. The maximum Gasteiger partial charge on any atom is 0.433 e. The number of anilines is 2. The summed E-state index contributed by atoms with van der Waals surface area (Å²) in [5, 5.41) is 5.13. The number of nitrogens with one attached hydrogen (secondary N) is 2. The van der Waals surface area contributed by atoms with Crippen LogP contribution in [0.1, 0.15) is 28.7 Å². The molecule has 126 valence electrons. The summed E-state index contributed by atoms with van der Waals surface area (Å²) in [6.07, 6.45) is -4.56. The van der Waals surface area contributed by atoms with Gasteiger partial charge in [0.05, 0.1) is 11.3 Å². The lowest BCUT2D eigenvalue weighted by Crippen LogP contribution is -2.16. The first-order chi connectivity index (χ1) is 11.2. The smallest absolute Gasteiger partial charge is 0.326 e. The average molecular weight is 337 g/mol. The zero-order valence-electron chi connectivity index (χ0n) is 12.9. The van der Waals surface area contributed by atoms with E-state index in [0.717, 1.165) is 12.1 Å². The fourth-order valence-corrected chi connectivity index (χ4v) is 2.04. The summed E-state index contributed by atoms with van der Waals surface area (Å²) < 4.78 is 37.8. The number of carbonyl (C=O) groups is 2. The van der Waals surface area contributed by atoms with Gasteiger partial charge in [0.2, 0.25) is 5.91 Å². The molecule has 0 aliphatic heterocycles. The number of alkyl halides is 3. The topological polar surface area (TPSA) is 71.1 Å². The minimum Gasteiger partial charge on any atom is -0.326 e. The van der Waals surface area contributed by atoms with Crippen LogP contribution in [0.3, 0.4) is 0 Å². The fourth-order valence-electron chi connectivity index (χ4n) is 2.04. The van der Waals surface area contributed by atoms with Gasteiger partial charge < -0.3 is 10.6 Å². The van der Waals surface area contributed by atoms with E-state index in [-0.39, 0.29) is 17.2 Å². The number of halogens is 3. The Morgan fingerprint density at radius 3 is 2.21 bits per heavy atom. The molecule has 5 nitrogen and oxygen atoms in total. The summed E-state index contributed by atoms with van der Waals surface area (Å²) >= 11 is 0. The Morgan fingerprint density at radius 2 is 1.67 bits per heavy atom. The van der Waals surface area contributed by atoms with Crippen molar-refractivity contribution in [2.24, 2.45) is 0 Å². The van der Waals surface area contributed by atoms with Crippen molar-refractivity contribution in [3.8, 4) is 0 Å². The van der Waals surface area contributed by atoms with Crippen LogP contribution < -0.4 is 10.6 Å². The van der Waals surface area contributed by atoms with Crippen molar-refractivity contribution in [3.05, 3.63) is 53.3 Å². The number of pyridine rings is 1. The number of carbonyl (C=O) groups excluding carboxylic acids is 2. The Hall–Kier alpha value is -2.90. The van der Waals surface area contributed by atoms with Gasteiger partial charge in [-0.2, -0.15) is 13.2 Å². The molecule has 0 unspecified atom stereocenters. The summed E-state index contributed by atoms with van der Waals surface area (Å²) in [5.41, 5.74) is -0.161. The molecular weight excluding hydrogens is 323 g/mol. The van der Waals surface area contributed by atoms with Crippen LogP contribution in [0.25, 0.3) is 0 Å². The van der Waals surface area contributed by atoms with Crippen molar-refractivity contribution in [1.82, 2.24) is 4.98 Å². The minimum absolute atomic E-state index is 0.0275. The molecule has 2 rings (SSSR count). The van der Waals surface area contributed by atoms with Gasteiger partial charge in [0.15, 0.2) is 0 Å². The first kappa shape index (κ1) is 17.5. The summed E-state index contributed by atoms with van der Waals surface area (Å²) in [4.78, 5) is 26.7. The van der Waals surface area contributed by atoms with E-state index in [1.807, 2.05) is 0 Å². The number of nitrogens with zero attached hydrogens (tertiary/aromatic N) is 1. The summed E-state index contributed by atoms with van der Waals surface area (Å²) in [6.45, 7) is 2.68. The second-order valence-electron chi connectivity index (χ2n) is 5.04. The van der Waals surface area contributed by atoms with Gasteiger partial charge in [0.1, 0.15) is 5.69 Å². The highest BCUT2D eigenvalue weighted by atomic mass is 19.4. The molecule has 0 spiro atoms. The fraction of sp³-hybridized carbons (Fsp3) is 0.188. The third-order valence-corrected chi connectivity index (χ3v) is 3.06. The summed E-state index contributed by atoms with van der Waals surface area (Å²) in [7, 11) is 0. The van der Waals surface area contributed by atoms with Crippen LogP contribution in [-0.2, 0) is 11.0 Å². The Morgan fingerprint density at radius 1 is 1.04 bits per heavy atom. The molecule has 24 heavy (non-hydrogen) atoms. The van der Waals surface area contributed by atoms with Crippen molar-refractivity contribution in [1.29, 1.82) is 0 Å². The van der Waals surface area contributed by atoms with E-state index in [9.17, 15) is 22.8 Å². The molecule has 2 N–H and O–H groups in total. The lowest BCUT2D eigenvalue weighted by molar-refractivity contribution is -0.141. The van der Waals surface area contributed by atoms with Crippen LogP contribution in [0.4, 0.5) is 24.5 Å². The average Bonchev–Trinajstić information content (AvgIpc) is 2.45. The van der Waals surface area contributed by atoms with Crippen LogP contribution in [0, 0.1) is 6.92 Å². The summed E-state index contributed by atoms with van der Waals surface area (Å²) in [6, 6.07) is 8.23. The normalized spacial score (nSPS) is 11.0. The zero-order valence-corrected chi connectivity index (χ0v) is 12.9. The minimum atomic E-state index is -4.56.